The molecule has 0 aromatic carbocycles. The summed E-state index contributed by atoms with van der Waals surface area (Å²) in [4.78, 5) is 13.7. The van der Waals surface area contributed by atoms with Gasteiger partial charge in [0, 0.05) is 32.9 Å². The molecule has 0 aliphatic rings. The smallest absolute Gasteiger partial charge is 0.222 e. The van der Waals surface area contributed by atoms with E-state index >= 15 is 0 Å². The van der Waals surface area contributed by atoms with E-state index in [0.29, 0.717) is 6.42 Å². The Bertz CT molecular complexity index is 321. The highest BCUT2D eigenvalue weighted by Crippen LogP contribution is 2.08. The first kappa shape index (κ1) is 18.6. The average molecular weight is 275 g/mol. The van der Waals surface area contributed by atoms with Crippen LogP contribution >= 0.6 is 0 Å². The van der Waals surface area contributed by atoms with E-state index in [1.165, 1.54) is 25.7 Å². The molecule has 0 spiro atoms. The molecule has 0 aromatic heterocycles. The van der Waals surface area contributed by atoms with Gasteiger partial charge in [-0.05, 0) is 25.7 Å². The lowest BCUT2D eigenvalue weighted by Crippen LogP contribution is -2.27. The minimum absolute atomic E-state index is 0.246. The molecule has 0 atom stereocenters. The number of hydrogen-bond acceptors (Lipinski definition) is 1. The third-order valence-electron chi connectivity index (χ3n) is 3.45. The zero-order chi connectivity index (χ0) is 15.1. The molecule has 2 heteroatoms. The van der Waals surface area contributed by atoms with Gasteiger partial charge in [-0.2, -0.15) is 0 Å². The molecule has 2 nitrogen and oxygen atoms in total. The quantitative estimate of drug-likeness (QED) is 0.389. The zero-order valence-corrected chi connectivity index (χ0v) is 13.0. The van der Waals surface area contributed by atoms with Crippen LogP contribution in [0.1, 0.15) is 70.6 Å². The normalized spacial score (nSPS) is 9.75. The first-order valence-electron chi connectivity index (χ1n) is 7.83. The van der Waals surface area contributed by atoms with Crippen molar-refractivity contribution in [3.63, 3.8) is 0 Å². The summed E-state index contributed by atoms with van der Waals surface area (Å²) in [5.41, 5.74) is 0. The van der Waals surface area contributed by atoms with Gasteiger partial charge < -0.3 is 4.90 Å². The zero-order valence-electron chi connectivity index (χ0n) is 13.0. The van der Waals surface area contributed by atoms with Crippen molar-refractivity contribution >= 4 is 5.91 Å². The van der Waals surface area contributed by atoms with Crippen LogP contribution in [0.3, 0.4) is 0 Å². The Kier molecular flexibility index (Phi) is 13.0. The third kappa shape index (κ3) is 11.7. The van der Waals surface area contributed by atoms with E-state index in [2.05, 4.69) is 11.8 Å². The average Bonchev–Trinajstić information content (AvgIpc) is 2.46. The van der Waals surface area contributed by atoms with Crippen molar-refractivity contribution < 1.29 is 4.79 Å². The molecule has 20 heavy (non-hydrogen) atoms. The van der Waals surface area contributed by atoms with Crippen molar-refractivity contribution in [1.82, 2.24) is 4.90 Å². The summed E-state index contributed by atoms with van der Waals surface area (Å²) in [6.07, 6.45) is 21.7. The predicted octanol–water partition coefficient (Wildman–Crippen LogP) is 4.00. The van der Waals surface area contributed by atoms with Crippen LogP contribution in [0.15, 0.2) is 0 Å². The van der Waals surface area contributed by atoms with Gasteiger partial charge >= 0.3 is 0 Å². The summed E-state index contributed by atoms with van der Waals surface area (Å²) in [6.45, 7) is 0.873. The molecule has 0 saturated carbocycles. The molecule has 0 radical (unpaired) electrons. The van der Waals surface area contributed by atoms with Gasteiger partial charge in [0.2, 0.25) is 5.91 Å². The number of terminal acetylenes is 2. The molecule has 0 N–H and O–H groups in total. The van der Waals surface area contributed by atoms with Gasteiger partial charge in [0.05, 0.1) is 0 Å². The number of unbranched alkanes of at least 4 members (excludes halogenated alkanes) is 8. The van der Waals surface area contributed by atoms with Gasteiger partial charge in [0.15, 0.2) is 0 Å². The fourth-order valence-electron chi connectivity index (χ4n) is 2.10. The van der Waals surface area contributed by atoms with E-state index in [0.717, 1.165) is 45.1 Å². The van der Waals surface area contributed by atoms with Crippen molar-refractivity contribution in [2.24, 2.45) is 0 Å². The fourth-order valence-corrected chi connectivity index (χ4v) is 2.10. The summed E-state index contributed by atoms with van der Waals surface area (Å²) >= 11 is 0. The maximum atomic E-state index is 11.8. The highest BCUT2D eigenvalue weighted by molar-refractivity contribution is 5.75. The largest absolute Gasteiger partial charge is 0.346 e. The fraction of sp³-hybridized carbons (Fsp3) is 0.722. The van der Waals surface area contributed by atoms with E-state index in [-0.39, 0.29) is 5.91 Å². The summed E-state index contributed by atoms with van der Waals surface area (Å²) in [6, 6.07) is 0. The summed E-state index contributed by atoms with van der Waals surface area (Å²) in [5.74, 6) is 5.51. The molecule has 0 fully saturated rings. The van der Waals surface area contributed by atoms with E-state index in [4.69, 9.17) is 12.8 Å². The van der Waals surface area contributed by atoms with Crippen LogP contribution in [0.25, 0.3) is 0 Å². The summed E-state index contributed by atoms with van der Waals surface area (Å²) < 4.78 is 0. The van der Waals surface area contributed by atoms with Crippen molar-refractivity contribution in [1.29, 1.82) is 0 Å². The minimum Gasteiger partial charge on any atom is -0.346 e. The van der Waals surface area contributed by atoms with Gasteiger partial charge in [0.1, 0.15) is 0 Å². The van der Waals surface area contributed by atoms with Crippen LogP contribution in [0.2, 0.25) is 0 Å². The van der Waals surface area contributed by atoms with Gasteiger partial charge in [-0.3, -0.25) is 4.79 Å². The number of rotatable bonds is 12. The second kappa shape index (κ2) is 14.0. The van der Waals surface area contributed by atoms with Crippen molar-refractivity contribution in [3.8, 4) is 24.7 Å². The predicted molar refractivity (Wildman–Crippen MR) is 86.1 cm³/mol. The second-order valence-electron chi connectivity index (χ2n) is 5.30. The molecule has 0 aliphatic carbocycles. The number of amides is 1. The monoisotopic (exact) mass is 275 g/mol. The molecule has 0 unspecified atom stereocenters. The van der Waals surface area contributed by atoms with Gasteiger partial charge in [-0.1, -0.05) is 25.7 Å². The molecular formula is C18H29NO. The lowest BCUT2D eigenvalue weighted by molar-refractivity contribution is -0.130. The highest BCUT2D eigenvalue weighted by Gasteiger charge is 2.07. The molecule has 0 aliphatic heterocycles. The lowest BCUT2D eigenvalue weighted by atomic mass is 10.1. The molecule has 0 heterocycles. The summed E-state index contributed by atoms with van der Waals surface area (Å²) in [5, 5.41) is 0. The number of carbonyl (C=O) groups excluding carboxylic acids is 1. The first-order valence-corrected chi connectivity index (χ1v) is 7.83. The van der Waals surface area contributed by atoms with Crippen LogP contribution in [-0.4, -0.2) is 24.4 Å². The van der Waals surface area contributed by atoms with E-state index in [1.54, 1.807) is 0 Å². The first-order chi connectivity index (χ1) is 9.72. The van der Waals surface area contributed by atoms with Gasteiger partial charge in [-0.25, -0.2) is 0 Å². The number of nitrogens with zero attached hydrogens (tertiary/aromatic N) is 1. The standard InChI is InChI=1S/C18H29NO/c1-4-6-8-10-11-12-13-15-17-19(3)18(20)16-14-9-7-5-2/h1-2H,6-17H2,3H3. The Labute approximate surface area is 125 Å². The topological polar surface area (TPSA) is 20.3 Å². The highest BCUT2D eigenvalue weighted by atomic mass is 16.2. The Morgan fingerprint density at radius 3 is 1.95 bits per heavy atom. The van der Waals surface area contributed by atoms with Crippen LogP contribution < -0.4 is 0 Å². The Hall–Kier alpha value is -1.41. The Morgan fingerprint density at radius 1 is 0.850 bits per heavy atom. The van der Waals surface area contributed by atoms with E-state index in [9.17, 15) is 4.79 Å². The van der Waals surface area contributed by atoms with Crippen molar-refractivity contribution in [2.45, 2.75) is 70.6 Å². The van der Waals surface area contributed by atoms with E-state index < -0.39 is 0 Å². The van der Waals surface area contributed by atoms with Crippen molar-refractivity contribution in [2.75, 3.05) is 13.6 Å². The van der Waals surface area contributed by atoms with Crippen LogP contribution in [0, 0.1) is 24.7 Å². The molecule has 0 bridgehead atoms. The Morgan fingerprint density at radius 2 is 1.35 bits per heavy atom. The Balaban J connectivity index is 3.39. The summed E-state index contributed by atoms with van der Waals surface area (Å²) in [7, 11) is 1.90. The lowest BCUT2D eigenvalue weighted by Gasteiger charge is -2.16. The van der Waals surface area contributed by atoms with Gasteiger partial charge in [-0.15, -0.1) is 24.7 Å². The minimum atomic E-state index is 0.246. The molecular weight excluding hydrogens is 246 g/mol. The van der Waals surface area contributed by atoms with Crippen molar-refractivity contribution in [3.05, 3.63) is 0 Å². The third-order valence-corrected chi connectivity index (χ3v) is 3.45. The molecule has 0 aromatic rings. The molecule has 112 valence electrons. The number of hydrogen-bond donors (Lipinski definition) is 0. The SMILES string of the molecule is C#CCCCCCCCCN(C)C(=O)CCCCC#C. The second-order valence-corrected chi connectivity index (χ2v) is 5.30. The van der Waals surface area contributed by atoms with Crippen LogP contribution in [-0.2, 0) is 4.79 Å². The maximum Gasteiger partial charge on any atom is 0.222 e. The molecule has 0 saturated heterocycles. The van der Waals surface area contributed by atoms with Crippen LogP contribution in [0.4, 0.5) is 0 Å². The van der Waals surface area contributed by atoms with Crippen LogP contribution in [0.5, 0.6) is 0 Å². The van der Waals surface area contributed by atoms with Gasteiger partial charge in [0.25, 0.3) is 0 Å². The van der Waals surface area contributed by atoms with E-state index in [1.807, 2.05) is 11.9 Å². The molecule has 0 rings (SSSR count). The maximum absolute atomic E-state index is 11.8. The molecule has 1 amide bonds. The number of carbonyl (C=O) groups is 1.